The van der Waals surface area contributed by atoms with Gasteiger partial charge in [-0.2, -0.15) is 9.78 Å². The molecule has 41 heavy (non-hydrogen) atoms. The van der Waals surface area contributed by atoms with Crippen LogP contribution < -0.4 is 20.3 Å². The van der Waals surface area contributed by atoms with Crippen molar-refractivity contribution in [3.63, 3.8) is 0 Å². The van der Waals surface area contributed by atoms with Crippen molar-refractivity contribution in [2.45, 2.75) is 40.0 Å². The number of unbranched alkanes of at least 4 members (excludes halogenated alkanes) is 1. The van der Waals surface area contributed by atoms with Crippen LogP contribution in [0.4, 0.5) is 5.69 Å². The summed E-state index contributed by atoms with van der Waals surface area (Å²) in [6.45, 7) is 6.02. The maximum atomic E-state index is 13.4. The second-order valence-electron chi connectivity index (χ2n) is 9.16. The van der Waals surface area contributed by atoms with E-state index in [2.05, 4.69) is 65.1 Å². The summed E-state index contributed by atoms with van der Waals surface area (Å²) in [6.07, 6.45) is 4.02. The number of rotatable bonds is 11. The molecule has 0 aliphatic carbocycles. The van der Waals surface area contributed by atoms with E-state index in [1.807, 2.05) is 50.2 Å². The van der Waals surface area contributed by atoms with E-state index in [0.29, 0.717) is 55.8 Å². The van der Waals surface area contributed by atoms with Crippen LogP contribution in [0.25, 0.3) is 10.9 Å². The molecule has 0 spiro atoms. The van der Waals surface area contributed by atoms with Crippen LogP contribution in [-0.2, 0) is 11.2 Å². The molecule has 0 aliphatic rings. The fourth-order valence-electron chi connectivity index (χ4n) is 4.06. The lowest BCUT2D eigenvalue weighted by atomic mass is 10.2. The third-order valence-electron chi connectivity index (χ3n) is 6.16. The molecule has 3 aromatic carbocycles. The van der Waals surface area contributed by atoms with Gasteiger partial charge in [0, 0.05) is 26.6 Å². The molecule has 1 aromatic heterocycles. The number of ether oxygens (including phenoxy) is 2. The van der Waals surface area contributed by atoms with Crippen molar-refractivity contribution in [3.05, 3.63) is 89.3 Å². The monoisotopic (exact) mass is 746 g/mol. The van der Waals surface area contributed by atoms with Crippen molar-refractivity contribution in [1.82, 2.24) is 9.66 Å². The van der Waals surface area contributed by atoms with Gasteiger partial charge in [0.15, 0.2) is 18.1 Å². The molecule has 0 radical (unpaired) electrons. The van der Waals surface area contributed by atoms with E-state index in [1.54, 1.807) is 18.3 Å². The summed E-state index contributed by atoms with van der Waals surface area (Å²) >= 11 is 10.6. The summed E-state index contributed by atoms with van der Waals surface area (Å²) < 4.78 is 15.1. The van der Waals surface area contributed by atoms with Crippen molar-refractivity contribution >= 4 is 76.5 Å². The van der Waals surface area contributed by atoms with Crippen LogP contribution in [0.1, 0.15) is 43.6 Å². The minimum absolute atomic E-state index is 0.221. The molecule has 0 saturated heterocycles. The normalized spacial score (nSPS) is 11.3. The van der Waals surface area contributed by atoms with Gasteiger partial charge < -0.3 is 14.8 Å². The van der Waals surface area contributed by atoms with Gasteiger partial charge >= 0.3 is 0 Å². The number of carbonyl (C=O) groups is 1. The maximum absolute atomic E-state index is 13.4. The molecule has 214 valence electrons. The number of nitrogens with one attached hydrogen (secondary N) is 1. The highest BCUT2D eigenvalue weighted by Gasteiger charge is 2.19. The maximum Gasteiger partial charge on any atom is 0.282 e. The first-order chi connectivity index (χ1) is 19.7. The van der Waals surface area contributed by atoms with Crippen LogP contribution >= 0.6 is 47.8 Å². The standard InChI is InChI=1S/C30H29Br3N4O4/c1-4-6-11-25-35-23-13-12-20(31)15-21(23)30(39)37(25)34-16-19-14-24(40-5-2)29(28(33)27(19)32)41-17-26(38)36-22-10-8-7-9-18(22)3/h7-10,12-16H,4-6,11,17H2,1-3H3,(H,36,38). The first-order valence-corrected chi connectivity index (χ1v) is 15.5. The van der Waals surface area contributed by atoms with Crippen molar-refractivity contribution in [2.24, 2.45) is 5.10 Å². The zero-order chi connectivity index (χ0) is 29.5. The molecule has 0 aliphatic heterocycles. The highest BCUT2D eigenvalue weighted by atomic mass is 79.9. The van der Waals surface area contributed by atoms with Gasteiger partial charge in [0.2, 0.25) is 0 Å². The van der Waals surface area contributed by atoms with Crippen LogP contribution in [0.5, 0.6) is 11.5 Å². The summed E-state index contributed by atoms with van der Waals surface area (Å²) in [5.74, 6) is 1.08. The van der Waals surface area contributed by atoms with E-state index in [-0.39, 0.29) is 18.1 Å². The molecule has 1 N–H and O–H groups in total. The molecule has 4 aromatic rings. The third kappa shape index (κ3) is 7.44. The van der Waals surface area contributed by atoms with Gasteiger partial charge in [-0.05, 0) is 88.0 Å². The first-order valence-electron chi connectivity index (χ1n) is 13.1. The van der Waals surface area contributed by atoms with E-state index in [1.165, 1.54) is 4.68 Å². The summed E-state index contributed by atoms with van der Waals surface area (Å²) in [4.78, 5) is 30.8. The lowest BCUT2D eigenvalue weighted by molar-refractivity contribution is -0.118. The number of anilines is 1. The Morgan fingerprint density at radius 1 is 1.07 bits per heavy atom. The third-order valence-corrected chi connectivity index (χ3v) is 8.80. The van der Waals surface area contributed by atoms with Crippen molar-refractivity contribution in [1.29, 1.82) is 0 Å². The first kappa shape index (κ1) is 30.9. The summed E-state index contributed by atoms with van der Waals surface area (Å²) in [5.41, 5.74) is 2.70. The Morgan fingerprint density at radius 2 is 1.85 bits per heavy atom. The van der Waals surface area contributed by atoms with Gasteiger partial charge in [0.1, 0.15) is 5.82 Å². The Bertz CT molecular complexity index is 1670. The molecule has 1 heterocycles. The smallest absolute Gasteiger partial charge is 0.282 e. The number of fused-ring (bicyclic) bond motifs is 1. The molecule has 8 nitrogen and oxygen atoms in total. The van der Waals surface area contributed by atoms with E-state index in [0.717, 1.165) is 28.6 Å². The summed E-state index contributed by atoms with van der Waals surface area (Å²) in [7, 11) is 0. The van der Waals surface area contributed by atoms with Gasteiger partial charge in [-0.25, -0.2) is 4.98 Å². The number of amides is 1. The predicted molar refractivity (Wildman–Crippen MR) is 174 cm³/mol. The Hall–Kier alpha value is -3.02. The molecule has 11 heteroatoms. The fourth-order valence-corrected chi connectivity index (χ4v) is 5.36. The minimum Gasteiger partial charge on any atom is -0.490 e. The Morgan fingerprint density at radius 3 is 2.59 bits per heavy atom. The number of carbonyl (C=O) groups excluding carboxylic acids is 1. The molecule has 0 bridgehead atoms. The van der Waals surface area contributed by atoms with Crippen LogP contribution in [0.3, 0.4) is 0 Å². The molecule has 0 fully saturated rings. The average Bonchev–Trinajstić information content (AvgIpc) is 2.95. The summed E-state index contributed by atoms with van der Waals surface area (Å²) in [5, 5.41) is 7.90. The average molecular weight is 749 g/mol. The Kier molecular flexibility index (Phi) is 10.7. The second-order valence-corrected chi connectivity index (χ2v) is 11.7. The topological polar surface area (TPSA) is 94.8 Å². The molecular formula is C30H29Br3N4O4. The zero-order valence-electron chi connectivity index (χ0n) is 22.8. The van der Waals surface area contributed by atoms with Crippen molar-refractivity contribution in [2.75, 3.05) is 18.5 Å². The van der Waals surface area contributed by atoms with E-state index < -0.39 is 0 Å². The molecule has 4 rings (SSSR count). The number of para-hydroxylation sites is 1. The minimum atomic E-state index is -0.301. The Labute approximate surface area is 263 Å². The van der Waals surface area contributed by atoms with Crippen LogP contribution in [0, 0.1) is 6.92 Å². The number of hydrogen-bond donors (Lipinski definition) is 1. The van der Waals surface area contributed by atoms with Crippen LogP contribution in [0.2, 0.25) is 0 Å². The van der Waals surface area contributed by atoms with E-state index >= 15 is 0 Å². The largest absolute Gasteiger partial charge is 0.490 e. The number of aryl methyl sites for hydroxylation is 2. The van der Waals surface area contributed by atoms with E-state index in [4.69, 9.17) is 14.5 Å². The zero-order valence-corrected chi connectivity index (χ0v) is 27.6. The Balaban J connectivity index is 1.66. The lowest BCUT2D eigenvalue weighted by Gasteiger charge is -2.16. The number of hydrogen-bond acceptors (Lipinski definition) is 6. The van der Waals surface area contributed by atoms with Gasteiger partial charge in [-0.1, -0.05) is 47.5 Å². The number of benzene rings is 3. The quantitative estimate of drug-likeness (QED) is 0.159. The highest BCUT2D eigenvalue weighted by molar-refractivity contribution is 9.13. The SMILES string of the molecule is CCCCc1nc2ccc(Br)cc2c(=O)n1N=Cc1cc(OCC)c(OCC(=O)Nc2ccccc2C)c(Br)c1Br. The van der Waals surface area contributed by atoms with E-state index in [9.17, 15) is 9.59 Å². The van der Waals surface area contributed by atoms with Gasteiger partial charge in [0.25, 0.3) is 11.5 Å². The predicted octanol–water partition coefficient (Wildman–Crippen LogP) is 7.63. The van der Waals surface area contributed by atoms with Gasteiger partial charge in [0.05, 0.1) is 28.2 Å². The molecular weight excluding hydrogens is 720 g/mol. The second kappa shape index (κ2) is 14.2. The fraction of sp³-hybridized carbons (Fsp3) is 0.267. The lowest BCUT2D eigenvalue weighted by Crippen LogP contribution is -2.22. The molecule has 0 saturated carbocycles. The van der Waals surface area contributed by atoms with Crippen molar-refractivity contribution < 1.29 is 14.3 Å². The van der Waals surface area contributed by atoms with Crippen LogP contribution in [0.15, 0.2) is 71.8 Å². The molecule has 0 unspecified atom stereocenters. The number of aromatic nitrogens is 2. The molecule has 1 amide bonds. The van der Waals surface area contributed by atoms with Crippen LogP contribution in [-0.4, -0.2) is 35.0 Å². The number of halogens is 3. The van der Waals surface area contributed by atoms with Crippen molar-refractivity contribution in [3.8, 4) is 11.5 Å². The highest BCUT2D eigenvalue weighted by Crippen LogP contribution is 2.42. The van der Waals surface area contributed by atoms with Gasteiger partial charge in [-0.3, -0.25) is 9.59 Å². The van der Waals surface area contributed by atoms with Gasteiger partial charge in [-0.15, -0.1) is 0 Å². The molecule has 0 atom stereocenters. The summed E-state index contributed by atoms with van der Waals surface area (Å²) in [6, 6.07) is 14.7. The number of nitrogens with zero attached hydrogens (tertiary/aromatic N) is 3.